The lowest BCUT2D eigenvalue weighted by atomic mass is 10.1. The number of nitrogens with zero attached hydrogens (tertiary/aromatic N) is 1. The quantitative estimate of drug-likeness (QED) is 0.547. The van der Waals surface area contributed by atoms with E-state index in [0.717, 1.165) is 0 Å². The lowest BCUT2D eigenvalue weighted by molar-refractivity contribution is -0.122. The Morgan fingerprint density at radius 3 is 2.29 bits per heavy atom. The van der Waals surface area contributed by atoms with Crippen LogP contribution in [0.15, 0.2) is 0 Å². The summed E-state index contributed by atoms with van der Waals surface area (Å²) in [6.07, 6.45) is 0.288. The number of nitriles is 1. The fourth-order valence-corrected chi connectivity index (χ4v) is 1.07. The molecule has 6 nitrogen and oxygen atoms in total. The van der Waals surface area contributed by atoms with Crippen LogP contribution in [0.2, 0.25) is 0 Å². The zero-order valence-electron chi connectivity index (χ0n) is 10.6. The summed E-state index contributed by atoms with van der Waals surface area (Å²) in [7, 11) is 0. The molecule has 0 aromatic heterocycles. The number of hydrogen-bond donors (Lipinski definition) is 3. The molecule has 3 N–H and O–H groups in total. The van der Waals surface area contributed by atoms with Crippen molar-refractivity contribution in [3.8, 4) is 6.07 Å². The van der Waals surface area contributed by atoms with Crippen LogP contribution >= 0.6 is 0 Å². The van der Waals surface area contributed by atoms with Crippen LogP contribution in [0.1, 0.15) is 27.2 Å². The molecule has 0 radical (unpaired) electrons. The van der Waals surface area contributed by atoms with Gasteiger partial charge in [-0.2, -0.15) is 5.26 Å². The first-order chi connectivity index (χ1) is 7.85. The molecule has 17 heavy (non-hydrogen) atoms. The van der Waals surface area contributed by atoms with Crippen LogP contribution in [-0.2, 0) is 9.59 Å². The molecular weight excluding hydrogens is 220 g/mol. The standard InChI is InChI=1S/C11H20N4O2/c1-11(2,3)15-10(17)8-13-7-9(16)14-6-4-5-12/h13H,4,6-8H2,1-3H3,(H,14,16)(H,15,17). The third-order valence-corrected chi connectivity index (χ3v) is 1.64. The summed E-state index contributed by atoms with van der Waals surface area (Å²) >= 11 is 0. The monoisotopic (exact) mass is 240 g/mol. The number of carbonyl (C=O) groups is 2. The van der Waals surface area contributed by atoms with Crippen molar-refractivity contribution in [3.63, 3.8) is 0 Å². The molecule has 6 heteroatoms. The van der Waals surface area contributed by atoms with Crippen molar-refractivity contribution < 1.29 is 9.59 Å². The van der Waals surface area contributed by atoms with Gasteiger partial charge in [0.15, 0.2) is 0 Å². The molecule has 0 heterocycles. The summed E-state index contributed by atoms with van der Waals surface area (Å²) in [5.41, 5.74) is -0.270. The molecule has 0 aliphatic heterocycles. The lowest BCUT2D eigenvalue weighted by Crippen LogP contribution is -2.46. The van der Waals surface area contributed by atoms with Gasteiger partial charge >= 0.3 is 0 Å². The molecule has 0 rings (SSSR count). The molecule has 0 aromatic rings. The van der Waals surface area contributed by atoms with E-state index in [1.54, 1.807) is 0 Å². The Balaban J connectivity index is 3.60. The lowest BCUT2D eigenvalue weighted by Gasteiger charge is -2.20. The van der Waals surface area contributed by atoms with Crippen LogP contribution in [-0.4, -0.2) is 37.0 Å². The van der Waals surface area contributed by atoms with Gasteiger partial charge in [-0.05, 0) is 20.8 Å². The minimum absolute atomic E-state index is 0.0724. The van der Waals surface area contributed by atoms with Crippen molar-refractivity contribution in [2.75, 3.05) is 19.6 Å². The molecule has 96 valence electrons. The van der Waals surface area contributed by atoms with Crippen molar-refractivity contribution >= 4 is 11.8 Å². The Morgan fingerprint density at radius 2 is 1.76 bits per heavy atom. The van der Waals surface area contributed by atoms with Gasteiger partial charge in [0.1, 0.15) is 0 Å². The number of hydrogen-bond acceptors (Lipinski definition) is 4. The molecule has 0 aliphatic carbocycles. The highest BCUT2D eigenvalue weighted by molar-refractivity contribution is 5.81. The summed E-state index contributed by atoms with van der Waals surface area (Å²) in [6, 6.07) is 1.92. The molecule has 0 fully saturated rings. The zero-order chi connectivity index (χ0) is 13.3. The van der Waals surface area contributed by atoms with Gasteiger partial charge in [0.2, 0.25) is 11.8 Å². The van der Waals surface area contributed by atoms with Crippen LogP contribution in [0.4, 0.5) is 0 Å². The van der Waals surface area contributed by atoms with Gasteiger partial charge in [0.25, 0.3) is 0 Å². The van der Waals surface area contributed by atoms with E-state index < -0.39 is 0 Å². The molecule has 0 unspecified atom stereocenters. The molecule has 0 aromatic carbocycles. The highest BCUT2D eigenvalue weighted by Crippen LogP contribution is 1.96. The Kier molecular flexibility index (Phi) is 6.91. The average Bonchev–Trinajstić information content (AvgIpc) is 2.15. The van der Waals surface area contributed by atoms with Crippen LogP contribution < -0.4 is 16.0 Å². The van der Waals surface area contributed by atoms with E-state index in [0.29, 0.717) is 6.54 Å². The van der Waals surface area contributed by atoms with Crippen molar-refractivity contribution in [3.05, 3.63) is 0 Å². The molecule has 0 spiro atoms. The number of nitrogens with one attached hydrogen (secondary N) is 3. The Morgan fingerprint density at radius 1 is 1.18 bits per heavy atom. The van der Waals surface area contributed by atoms with E-state index in [1.807, 2.05) is 26.8 Å². The summed E-state index contributed by atoms with van der Waals surface area (Å²) < 4.78 is 0. The molecule has 0 saturated heterocycles. The van der Waals surface area contributed by atoms with E-state index >= 15 is 0 Å². The van der Waals surface area contributed by atoms with Gasteiger partial charge in [-0.15, -0.1) is 0 Å². The van der Waals surface area contributed by atoms with Crippen LogP contribution in [0.3, 0.4) is 0 Å². The summed E-state index contributed by atoms with van der Waals surface area (Å²) in [5, 5.41) is 16.3. The van der Waals surface area contributed by atoms with Crippen molar-refractivity contribution in [1.29, 1.82) is 5.26 Å². The first-order valence-electron chi connectivity index (χ1n) is 5.50. The zero-order valence-corrected chi connectivity index (χ0v) is 10.6. The van der Waals surface area contributed by atoms with Crippen molar-refractivity contribution in [2.24, 2.45) is 0 Å². The number of carbonyl (C=O) groups excluding carboxylic acids is 2. The minimum atomic E-state index is -0.270. The number of amides is 2. The summed E-state index contributed by atoms with van der Waals surface area (Å²) in [4.78, 5) is 22.5. The molecular formula is C11H20N4O2. The molecule has 2 amide bonds. The predicted molar refractivity (Wildman–Crippen MR) is 64.0 cm³/mol. The highest BCUT2D eigenvalue weighted by atomic mass is 16.2. The Hall–Kier alpha value is -1.61. The first kappa shape index (κ1) is 15.4. The topological polar surface area (TPSA) is 94.0 Å². The van der Waals surface area contributed by atoms with Crippen molar-refractivity contribution in [1.82, 2.24) is 16.0 Å². The maximum absolute atomic E-state index is 11.4. The SMILES string of the molecule is CC(C)(C)NC(=O)CNCC(=O)NCCC#N. The number of rotatable bonds is 6. The molecule has 0 aliphatic rings. The Labute approximate surface area is 102 Å². The Bertz CT molecular complexity index is 302. The van der Waals surface area contributed by atoms with E-state index in [2.05, 4.69) is 16.0 Å². The van der Waals surface area contributed by atoms with Crippen LogP contribution in [0, 0.1) is 11.3 Å². The second kappa shape index (κ2) is 7.63. The molecule has 0 atom stereocenters. The summed E-state index contributed by atoms with van der Waals surface area (Å²) in [5.74, 6) is -0.369. The second-order valence-electron chi connectivity index (χ2n) is 4.66. The highest BCUT2D eigenvalue weighted by Gasteiger charge is 2.13. The van der Waals surface area contributed by atoms with Gasteiger partial charge in [0, 0.05) is 12.1 Å². The average molecular weight is 240 g/mol. The molecule has 0 saturated carbocycles. The van der Waals surface area contributed by atoms with Gasteiger partial charge < -0.3 is 10.6 Å². The van der Waals surface area contributed by atoms with Crippen LogP contribution in [0.5, 0.6) is 0 Å². The van der Waals surface area contributed by atoms with Gasteiger partial charge in [-0.3, -0.25) is 14.9 Å². The third kappa shape index (κ3) is 10.7. The molecule has 0 bridgehead atoms. The summed E-state index contributed by atoms with van der Waals surface area (Å²) in [6.45, 7) is 6.18. The van der Waals surface area contributed by atoms with Gasteiger partial charge in [-0.1, -0.05) is 0 Å². The maximum atomic E-state index is 11.4. The smallest absolute Gasteiger partial charge is 0.234 e. The fraction of sp³-hybridized carbons (Fsp3) is 0.727. The van der Waals surface area contributed by atoms with Crippen molar-refractivity contribution in [2.45, 2.75) is 32.7 Å². The largest absolute Gasteiger partial charge is 0.354 e. The first-order valence-corrected chi connectivity index (χ1v) is 5.50. The van der Waals surface area contributed by atoms with E-state index in [9.17, 15) is 9.59 Å². The predicted octanol–water partition coefficient (Wildman–Crippen LogP) is -0.479. The van der Waals surface area contributed by atoms with Crippen LogP contribution in [0.25, 0.3) is 0 Å². The van der Waals surface area contributed by atoms with E-state index in [1.165, 1.54) is 0 Å². The van der Waals surface area contributed by atoms with Gasteiger partial charge in [-0.25, -0.2) is 0 Å². The van der Waals surface area contributed by atoms with E-state index in [-0.39, 0.29) is 36.9 Å². The third-order valence-electron chi connectivity index (χ3n) is 1.64. The maximum Gasteiger partial charge on any atom is 0.234 e. The van der Waals surface area contributed by atoms with Gasteiger partial charge in [0.05, 0.1) is 25.6 Å². The second-order valence-corrected chi connectivity index (χ2v) is 4.66. The minimum Gasteiger partial charge on any atom is -0.354 e. The fourth-order valence-electron chi connectivity index (χ4n) is 1.07. The normalized spacial score (nSPS) is 10.5. The van der Waals surface area contributed by atoms with E-state index in [4.69, 9.17) is 5.26 Å².